The van der Waals surface area contributed by atoms with E-state index in [1.807, 2.05) is 0 Å². The van der Waals surface area contributed by atoms with Crippen LogP contribution in [0.15, 0.2) is 15.9 Å². The number of rotatable bonds is 4. The SMILES string of the molecule is CC(NC(=O)c1ccc(Br)s1)C(=O)Nc1n[nH]c(C(F)(F)F)n1. The van der Waals surface area contributed by atoms with Crippen LogP contribution < -0.4 is 10.6 Å². The molecule has 0 saturated heterocycles. The number of halogens is 4. The summed E-state index contributed by atoms with van der Waals surface area (Å²) < 4.78 is 37.8. The Morgan fingerprint density at radius 1 is 1.39 bits per heavy atom. The molecule has 2 aromatic heterocycles. The molecule has 2 aromatic rings. The number of H-pyrrole nitrogens is 1. The van der Waals surface area contributed by atoms with Gasteiger partial charge < -0.3 is 5.32 Å². The van der Waals surface area contributed by atoms with Crippen molar-refractivity contribution in [2.75, 3.05) is 5.32 Å². The zero-order valence-corrected chi connectivity index (χ0v) is 13.8. The first-order valence-corrected chi connectivity index (χ1v) is 7.64. The fraction of sp³-hybridized carbons (Fsp3) is 0.273. The lowest BCUT2D eigenvalue weighted by Gasteiger charge is -2.11. The Labute approximate surface area is 139 Å². The maximum Gasteiger partial charge on any atom is 0.451 e. The van der Waals surface area contributed by atoms with E-state index in [1.54, 1.807) is 17.2 Å². The molecule has 0 aliphatic rings. The van der Waals surface area contributed by atoms with Crippen LogP contribution in [-0.2, 0) is 11.0 Å². The Kier molecular flexibility index (Phi) is 5.04. The van der Waals surface area contributed by atoms with Crippen molar-refractivity contribution in [1.82, 2.24) is 20.5 Å². The highest BCUT2D eigenvalue weighted by atomic mass is 79.9. The van der Waals surface area contributed by atoms with Gasteiger partial charge in [-0.2, -0.15) is 18.2 Å². The van der Waals surface area contributed by atoms with Crippen LogP contribution in [0.1, 0.15) is 22.4 Å². The summed E-state index contributed by atoms with van der Waals surface area (Å²) in [6.45, 7) is 1.38. The minimum atomic E-state index is -4.69. The van der Waals surface area contributed by atoms with E-state index in [1.165, 1.54) is 18.3 Å². The molecule has 1 atom stereocenters. The third-order valence-electron chi connectivity index (χ3n) is 2.53. The molecule has 0 aliphatic heterocycles. The molecule has 23 heavy (non-hydrogen) atoms. The normalized spacial score (nSPS) is 12.7. The van der Waals surface area contributed by atoms with Crippen LogP contribution in [0.25, 0.3) is 0 Å². The van der Waals surface area contributed by atoms with Gasteiger partial charge in [0.05, 0.1) is 8.66 Å². The van der Waals surface area contributed by atoms with Gasteiger partial charge in [0.1, 0.15) is 6.04 Å². The number of nitrogens with zero attached hydrogens (tertiary/aromatic N) is 2. The topological polar surface area (TPSA) is 99.8 Å². The molecule has 7 nitrogen and oxygen atoms in total. The second-order valence-corrected chi connectivity index (χ2v) is 6.76. The predicted octanol–water partition coefficient (Wildman–Crippen LogP) is 2.40. The molecule has 0 fully saturated rings. The van der Waals surface area contributed by atoms with Gasteiger partial charge in [0.15, 0.2) is 0 Å². The van der Waals surface area contributed by atoms with E-state index in [2.05, 4.69) is 36.6 Å². The van der Waals surface area contributed by atoms with Crippen LogP contribution in [0.4, 0.5) is 19.1 Å². The van der Waals surface area contributed by atoms with Crippen LogP contribution in [0.2, 0.25) is 0 Å². The molecule has 0 spiro atoms. The first-order valence-electron chi connectivity index (χ1n) is 6.03. The largest absolute Gasteiger partial charge is 0.451 e. The van der Waals surface area contributed by atoms with E-state index in [0.717, 1.165) is 3.79 Å². The molecule has 0 saturated carbocycles. The van der Waals surface area contributed by atoms with Gasteiger partial charge in [0.25, 0.3) is 5.91 Å². The van der Waals surface area contributed by atoms with Crippen LogP contribution in [0, 0.1) is 0 Å². The van der Waals surface area contributed by atoms with E-state index in [4.69, 9.17) is 0 Å². The van der Waals surface area contributed by atoms with Crippen molar-refractivity contribution in [1.29, 1.82) is 0 Å². The lowest BCUT2D eigenvalue weighted by molar-refractivity contribution is -0.144. The Balaban J connectivity index is 1.95. The fourth-order valence-corrected chi connectivity index (χ4v) is 2.72. The molecular weight excluding hydrogens is 403 g/mol. The van der Waals surface area contributed by atoms with Gasteiger partial charge in [-0.1, -0.05) is 0 Å². The monoisotopic (exact) mass is 411 g/mol. The zero-order chi connectivity index (χ0) is 17.2. The number of aromatic nitrogens is 3. The second-order valence-electron chi connectivity index (χ2n) is 4.29. The van der Waals surface area contributed by atoms with Gasteiger partial charge in [-0.15, -0.1) is 16.4 Å². The average molecular weight is 412 g/mol. The molecule has 0 bridgehead atoms. The van der Waals surface area contributed by atoms with E-state index in [-0.39, 0.29) is 0 Å². The summed E-state index contributed by atoms with van der Waals surface area (Å²) in [6.07, 6.45) is -4.69. The molecule has 0 aromatic carbocycles. The molecule has 3 N–H and O–H groups in total. The van der Waals surface area contributed by atoms with Crippen molar-refractivity contribution in [3.63, 3.8) is 0 Å². The zero-order valence-electron chi connectivity index (χ0n) is 11.4. The van der Waals surface area contributed by atoms with E-state index in [0.29, 0.717) is 4.88 Å². The lowest BCUT2D eigenvalue weighted by atomic mass is 10.3. The third kappa shape index (κ3) is 4.51. The number of hydrogen-bond acceptors (Lipinski definition) is 5. The highest BCUT2D eigenvalue weighted by Gasteiger charge is 2.35. The number of amides is 2. The summed E-state index contributed by atoms with van der Waals surface area (Å²) in [4.78, 5) is 27.2. The van der Waals surface area contributed by atoms with E-state index >= 15 is 0 Å². The first-order chi connectivity index (χ1) is 10.7. The van der Waals surface area contributed by atoms with Crippen LogP contribution in [0.3, 0.4) is 0 Å². The van der Waals surface area contributed by atoms with Crippen LogP contribution in [0.5, 0.6) is 0 Å². The molecule has 0 aliphatic carbocycles. The minimum Gasteiger partial charge on any atom is -0.340 e. The average Bonchev–Trinajstić information content (AvgIpc) is 3.07. The van der Waals surface area contributed by atoms with Crippen molar-refractivity contribution in [3.05, 3.63) is 26.6 Å². The Bertz CT molecular complexity index is 729. The van der Waals surface area contributed by atoms with Crippen molar-refractivity contribution in [2.45, 2.75) is 19.1 Å². The Morgan fingerprint density at radius 3 is 2.61 bits per heavy atom. The summed E-state index contributed by atoms with van der Waals surface area (Å²) in [5.41, 5.74) is 0. The number of anilines is 1. The van der Waals surface area contributed by atoms with Gasteiger partial charge in [-0.05, 0) is 35.0 Å². The lowest BCUT2D eigenvalue weighted by Crippen LogP contribution is -2.41. The van der Waals surface area contributed by atoms with Gasteiger partial charge in [0.2, 0.25) is 17.7 Å². The van der Waals surface area contributed by atoms with Crippen molar-refractivity contribution in [3.8, 4) is 0 Å². The highest BCUT2D eigenvalue weighted by Crippen LogP contribution is 2.26. The summed E-state index contributed by atoms with van der Waals surface area (Å²) in [6, 6.07) is 2.26. The van der Waals surface area contributed by atoms with Gasteiger partial charge in [-0.3, -0.25) is 20.0 Å². The molecule has 0 radical (unpaired) electrons. The van der Waals surface area contributed by atoms with Gasteiger partial charge in [0, 0.05) is 0 Å². The number of carbonyl (C=O) groups excluding carboxylic acids is 2. The standard InChI is InChI=1S/C11H9BrF3N5O2S/c1-4(16-8(22)5-2-3-6(12)23-5)7(21)17-10-18-9(19-20-10)11(13,14)15/h2-4H,1H3,(H,16,22)(H2,17,18,19,20,21). The molecule has 12 heteroatoms. The summed E-state index contributed by atoms with van der Waals surface area (Å²) in [7, 11) is 0. The van der Waals surface area contributed by atoms with Gasteiger partial charge >= 0.3 is 6.18 Å². The van der Waals surface area contributed by atoms with E-state index < -0.39 is 35.8 Å². The fourth-order valence-electron chi connectivity index (χ4n) is 1.43. The Hall–Kier alpha value is -1.95. The third-order valence-corrected chi connectivity index (χ3v) is 4.15. The Morgan fingerprint density at radius 2 is 2.09 bits per heavy atom. The van der Waals surface area contributed by atoms with Gasteiger partial charge in [-0.25, -0.2) is 0 Å². The number of alkyl halides is 3. The summed E-state index contributed by atoms with van der Waals surface area (Å²) >= 11 is 4.38. The molecule has 2 amide bonds. The molecule has 1 unspecified atom stereocenters. The van der Waals surface area contributed by atoms with Crippen LogP contribution in [-0.4, -0.2) is 33.0 Å². The van der Waals surface area contributed by atoms with Crippen molar-refractivity contribution < 1.29 is 22.8 Å². The van der Waals surface area contributed by atoms with E-state index in [9.17, 15) is 22.8 Å². The molecular formula is C11H9BrF3N5O2S. The first kappa shape index (κ1) is 17.4. The van der Waals surface area contributed by atoms with Crippen molar-refractivity contribution >= 4 is 45.0 Å². The maximum absolute atomic E-state index is 12.4. The number of aromatic amines is 1. The molecule has 2 heterocycles. The predicted molar refractivity (Wildman–Crippen MR) is 79.0 cm³/mol. The smallest absolute Gasteiger partial charge is 0.340 e. The number of hydrogen-bond donors (Lipinski definition) is 3. The van der Waals surface area contributed by atoms with Crippen LogP contribution >= 0.6 is 27.3 Å². The summed E-state index contributed by atoms with van der Waals surface area (Å²) in [5.74, 6) is -3.08. The number of nitrogens with one attached hydrogen (secondary N) is 3. The second kappa shape index (κ2) is 6.66. The minimum absolute atomic E-state index is 0.383. The quantitative estimate of drug-likeness (QED) is 0.718. The van der Waals surface area contributed by atoms with Crippen molar-refractivity contribution in [2.24, 2.45) is 0 Å². The molecule has 124 valence electrons. The highest BCUT2D eigenvalue weighted by molar-refractivity contribution is 9.11. The summed E-state index contributed by atoms with van der Waals surface area (Å²) in [5, 5.41) is 9.41. The number of thiophene rings is 1. The molecule has 2 rings (SSSR count). The number of carbonyl (C=O) groups is 2. The maximum atomic E-state index is 12.4.